The molecule has 1 aliphatic heterocycles. The van der Waals surface area contributed by atoms with E-state index in [1.165, 1.54) is 94.1 Å². The Morgan fingerprint density at radius 2 is 1.65 bits per heavy atom. The second-order valence-electron chi connectivity index (χ2n) is 14.6. The van der Waals surface area contributed by atoms with Gasteiger partial charge in [-0.1, -0.05) is 90.4 Å². The summed E-state index contributed by atoms with van der Waals surface area (Å²) in [4.78, 5) is 14.6. The van der Waals surface area contributed by atoms with Crippen LogP contribution in [0.2, 0.25) is 0 Å². The quantitative estimate of drug-likeness (QED) is 0.0450. The van der Waals surface area contributed by atoms with Crippen LogP contribution in [0.25, 0.3) is 5.52 Å². The van der Waals surface area contributed by atoms with E-state index < -0.39 is 50.3 Å². The number of nitrogens with two attached hydrogens (primary N) is 1. The number of nitrogen functional groups attached to an aromatic ring is 1. The molecule has 0 spiro atoms. The summed E-state index contributed by atoms with van der Waals surface area (Å²) in [5, 5.41) is 35.1. The molecule has 0 saturated carbocycles. The first-order valence-electron chi connectivity index (χ1n) is 19.6. The van der Waals surface area contributed by atoms with Crippen molar-refractivity contribution in [3.63, 3.8) is 0 Å². The number of aliphatic hydroxyl groups excluding tert-OH is 2. The van der Waals surface area contributed by atoms with Gasteiger partial charge in [-0.25, -0.2) is 18.5 Å². The molecule has 1 fully saturated rings. The molecule has 3 heterocycles. The average Bonchev–Trinajstić information content (AvgIpc) is 3.69. The number of anilines is 1. The van der Waals surface area contributed by atoms with Crippen LogP contribution in [0.3, 0.4) is 0 Å². The van der Waals surface area contributed by atoms with Crippen LogP contribution in [0.5, 0.6) is 0 Å². The summed E-state index contributed by atoms with van der Waals surface area (Å²) in [6.07, 6.45) is 13.6. The zero-order valence-corrected chi connectivity index (χ0v) is 33.1. The predicted molar refractivity (Wildman–Crippen MR) is 204 cm³/mol. The van der Waals surface area contributed by atoms with Crippen LogP contribution in [0, 0.1) is 17.1 Å². The second-order valence-corrected chi connectivity index (χ2v) is 16.0. The first-order valence-corrected chi connectivity index (χ1v) is 21.1. The number of aliphatic hydroxyl groups is 2. The fourth-order valence-electron chi connectivity index (χ4n) is 6.72. The topological polar surface area (TPSA) is 204 Å². The van der Waals surface area contributed by atoms with Crippen molar-refractivity contribution in [2.24, 2.45) is 0 Å². The highest BCUT2D eigenvalue weighted by Crippen LogP contribution is 2.47. The Kier molecular flexibility index (Phi) is 18.4. The SMILES string of the molecule is CCCCCCCCCCCCCCCCO[C@H](COCc1cc(F)cc(C#N)c1)COP(=O)(O)OC[C@@]1(C)O[C@@H](c2ccc3c(N)ncnn23)[C@H](O)[C@@H]1O. The summed E-state index contributed by atoms with van der Waals surface area (Å²) in [7, 11) is -4.73. The van der Waals surface area contributed by atoms with Crippen molar-refractivity contribution < 1.29 is 47.3 Å². The first kappa shape index (κ1) is 44.7. The molecule has 0 bridgehead atoms. The number of nitriles is 1. The maximum absolute atomic E-state index is 13.9. The van der Waals surface area contributed by atoms with Gasteiger partial charge in [-0.15, -0.1) is 0 Å². The Balaban J connectivity index is 1.23. The number of phosphoric ester groups is 1. The monoisotopic (exact) mass is 791 g/mol. The molecule has 0 amide bonds. The number of unbranched alkanes of at least 4 members (excludes halogenated alkanes) is 13. The van der Waals surface area contributed by atoms with Crippen LogP contribution >= 0.6 is 7.82 Å². The zero-order valence-electron chi connectivity index (χ0n) is 32.2. The third-order valence-electron chi connectivity index (χ3n) is 9.91. The van der Waals surface area contributed by atoms with E-state index in [4.69, 9.17) is 34.3 Å². The lowest BCUT2D eigenvalue weighted by Crippen LogP contribution is -2.44. The molecule has 2 aromatic heterocycles. The molecule has 16 heteroatoms. The molecule has 55 heavy (non-hydrogen) atoms. The maximum Gasteiger partial charge on any atom is 0.472 e. The highest BCUT2D eigenvalue weighted by molar-refractivity contribution is 7.47. The van der Waals surface area contributed by atoms with Crippen molar-refractivity contribution in [2.75, 3.05) is 32.2 Å². The van der Waals surface area contributed by atoms with E-state index >= 15 is 0 Å². The van der Waals surface area contributed by atoms with Gasteiger partial charge in [0.1, 0.15) is 47.7 Å². The van der Waals surface area contributed by atoms with Crippen molar-refractivity contribution in [3.8, 4) is 6.07 Å². The number of aromatic nitrogens is 3. The number of fused-ring (bicyclic) bond motifs is 1. The lowest BCUT2D eigenvalue weighted by molar-refractivity contribution is -0.101. The second kappa shape index (κ2) is 22.6. The van der Waals surface area contributed by atoms with Crippen molar-refractivity contribution in [3.05, 3.63) is 59.3 Å². The molecule has 3 aromatic rings. The summed E-state index contributed by atoms with van der Waals surface area (Å²) in [5.41, 5.74) is 5.81. The normalized spacial score (nSPS) is 21.5. The Morgan fingerprint density at radius 3 is 2.31 bits per heavy atom. The summed E-state index contributed by atoms with van der Waals surface area (Å²) >= 11 is 0. The van der Waals surface area contributed by atoms with Crippen LogP contribution < -0.4 is 5.73 Å². The Labute approximate surface area is 323 Å². The van der Waals surface area contributed by atoms with Crippen LogP contribution in [-0.4, -0.2) is 80.0 Å². The third-order valence-corrected chi connectivity index (χ3v) is 10.8. The van der Waals surface area contributed by atoms with Gasteiger partial charge in [-0.2, -0.15) is 10.4 Å². The minimum atomic E-state index is -4.73. The molecular weight excluding hydrogens is 732 g/mol. The van der Waals surface area contributed by atoms with E-state index in [2.05, 4.69) is 17.0 Å². The summed E-state index contributed by atoms with van der Waals surface area (Å²) < 4.78 is 56.8. The van der Waals surface area contributed by atoms with Gasteiger partial charge in [0.05, 0.1) is 43.8 Å². The van der Waals surface area contributed by atoms with Gasteiger partial charge in [-0.05, 0) is 49.2 Å². The lowest BCUT2D eigenvalue weighted by Gasteiger charge is -2.28. The van der Waals surface area contributed by atoms with Gasteiger partial charge in [0.25, 0.3) is 0 Å². The highest BCUT2D eigenvalue weighted by Gasteiger charge is 2.53. The molecule has 1 saturated heterocycles. The van der Waals surface area contributed by atoms with Crippen molar-refractivity contribution in [2.45, 2.75) is 140 Å². The number of rotatable bonds is 27. The van der Waals surface area contributed by atoms with Crippen LogP contribution in [-0.2, 0) is 34.4 Å². The van der Waals surface area contributed by atoms with Crippen molar-refractivity contribution in [1.82, 2.24) is 14.6 Å². The average molecular weight is 792 g/mol. The Bertz CT molecular complexity index is 1690. The Hall–Kier alpha value is -3.03. The largest absolute Gasteiger partial charge is 0.472 e. The van der Waals surface area contributed by atoms with Crippen LogP contribution in [0.15, 0.2) is 36.7 Å². The number of hydrogen-bond acceptors (Lipinski definition) is 12. The van der Waals surface area contributed by atoms with E-state index in [0.717, 1.165) is 31.7 Å². The lowest BCUT2D eigenvalue weighted by atomic mass is 9.97. The number of nitrogens with zero attached hydrogens (tertiary/aromatic N) is 4. The van der Waals surface area contributed by atoms with Crippen LogP contribution in [0.1, 0.15) is 127 Å². The van der Waals surface area contributed by atoms with Crippen LogP contribution in [0.4, 0.5) is 10.2 Å². The molecule has 0 radical (unpaired) electrons. The van der Waals surface area contributed by atoms with E-state index in [9.17, 15) is 24.1 Å². The standard InChI is InChI=1S/C39H59FN5O9P/c1-3-4-5-6-7-8-9-10-11-12-13-14-15-16-19-51-32(25-50-24-30-20-29(23-41)21-31(40)22-30)26-52-55(48,49)53-27-39(2)37(47)35(46)36(54-39)33-17-18-34-38(42)43-28-44-45(33)34/h17-18,20-22,28,32,35-37,46-47H,3-16,19,24-27H2,1-2H3,(H,48,49)(H2,42,43,44)/t32-,35+,36+,37+,39-/m1/s1. The minimum absolute atomic E-state index is 0.0227. The van der Waals surface area contributed by atoms with E-state index in [1.807, 2.05) is 6.07 Å². The minimum Gasteiger partial charge on any atom is -0.387 e. The van der Waals surface area contributed by atoms with E-state index in [0.29, 0.717) is 23.4 Å². The molecular formula is C39H59FN5O9P. The summed E-state index contributed by atoms with van der Waals surface area (Å²) in [6.45, 7) is 3.01. The van der Waals surface area contributed by atoms with Crippen molar-refractivity contribution in [1.29, 1.82) is 5.26 Å². The number of phosphoric acid groups is 1. The molecule has 0 aliphatic carbocycles. The number of hydrogen-bond donors (Lipinski definition) is 4. The molecule has 1 aliphatic rings. The fourth-order valence-corrected chi connectivity index (χ4v) is 7.57. The molecule has 5 N–H and O–H groups in total. The van der Waals surface area contributed by atoms with Crippen molar-refractivity contribution >= 4 is 19.2 Å². The number of benzene rings is 1. The van der Waals surface area contributed by atoms with E-state index in [1.54, 1.807) is 12.1 Å². The Morgan fingerprint density at radius 1 is 1.00 bits per heavy atom. The first-order chi connectivity index (χ1) is 26.5. The van der Waals surface area contributed by atoms with Gasteiger partial charge < -0.3 is 35.1 Å². The highest BCUT2D eigenvalue weighted by atomic mass is 31.2. The molecule has 1 unspecified atom stereocenters. The van der Waals surface area contributed by atoms with Gasteiger partial charge in [0.2, 0.25) is 0 Å². The number of ether oxygens (including phenoxy) is 3. The van der Waals surface area contributed by atoms with E-state index in [-0.39, 0.29) is 31.2 Å². The summed E-state index contributed by atoms with van der Waals surface area (Å²) in [6, 6.07) is 9.10. The maximum atomic E-state index is 13.9. The van der Waals surface area contributed by atoms with Gasteiger partial charge in [0, 0.05) is 6.61 Å². The molecule has 14 nitrogen and oxygen atoms in total. The molecule has 6 atom stereocenters. The van der Waals surface area contributed by atoms with Gasteiger partial charge in [-0.3, -0.25) is 9.05 Å². The predicted octanol–water partition coefficient (Wildman–Crippen LogP) is 7.09. The summed E-state index contributed by atoms with van der Waals surface area (Å²) in [5.74, 6) is -0.345. The molecule has 1 aromatic carbocycles. The van der Waals surface area contributed by atoms with Gasteiger partial charge >= 0.3 is 7.82 Å². The third kappa shape index (κ3) is 14.1. The fraction of sp³-hybridized carbons (Fsp3) is 0.667. The number of halogens is 1. The molecule has 4 rings (SSSR count). The van der Waals surface area contributed by atoms with Gasteiger partial charge in [0.15, 0.2) is 5.82 Å². The zero-order chi connectivity index (χ0) is 39.7. The smallest absolute Gasteiger partial charge is 0.387 e. The molecule has 306 valence electrons.